The molecule has 0 N–H and O–H groups in total. The molecule has 1 aliphatic rings. The Labute approximate surface area is 161 Å². The van der Waals surface area contributed by atoms with Crippen LogP contribution in [0, 0.1) is 0 Å². The molecule has 4 aromatic rings. The summed E-state index contributed by atoms with van der Waals surface area (Å²) in [6.45, 7) is 1.10. The number of fused-ring (bicyclic) bond motifs is 4. The highest BCUT2D eigenvalue weighted by molar-refractivity contribution is 5.80. The van der Waals surface area contributed by atoms with Crippen LogP contribution in [0.15, 0.2) is 49.2 Å². The summed E-state index contributed by atoms with van der Waals surface area (Å²) in [7, 11) is 1.87. The number of rotatable bonds is 0. The smallest absolute Gasteiger partial charge is 0.221 e. The molecule has 0 fully saturated rings. The largest absolute Gasteiger partial charge is 0.493 e. The van der Waals surface area contributed by atoms with Crippen LogP contribution in [-0.2, 0) is 7.05 Å². The molecule has 0 saturated heterocycles. The Hall–Kier alpha value is -3.61. The molecule has 28 heavy (non-hydrogen) atoms. The molecule has 7 heteroatoms. The summed E-state index contributed by atoms with van der Waals surface area (Å²) >= 11 is 0. The van der Waals surface area contributed by atoms with Gasteiger partial charge in [-0.1, -0.05) is 18.2 Å². The molecule has 140 valence electrons. The summed E-state index contributed by atoms with van der Waals surface area (Å²) < 4.78 is 15.6. The topological polar surface area (TPSA) is 66.5 Å². The zero-order valence-electron chi connectivity index (χ0n) is 15.4. The highest BCUT2D eigenvalue weighted by Gasteiger charge is 2.15. The van der Waals surface area contributed by atoms with E-state index in [4.69, 9.17) is 9.47 Å². The number of ether oxygens (including phenoxy) is 2. The number of benzene rings is 1. The third-order valence-corrected chi connectivity index (χ3v) is 4.74. The molecular formula is C21H19N5O2. The maximum atomic E-state index is 6.01. The molecule has 2 bridgehead atoms. The van der Waals surface area contributed by atoms with Gasteiger partial charge in [0, 0.05) is 19.0 Å². The number of imidazole rings is 1. The molecule has 1 aromatic carbocycles. The fourth-order valence-corrected chi connectivity index (χ4v) is 3.29. The fourth-order valence-electron chi connectivity index (χ4n) is 3.29. The van der Waals surface area contributed by atoms with Gasteiger partial charge in [0.05, 0.1) is 41.9 Å². The van der Waals surface area contributed by atoms with Crippen molar-refractivity contribution in [3.63, 3.8) is 0 Å². The third-order valence-electron chi connectivity index (χ3n) is 4.74. The predicted molar refractivity (Wildman–Crippen MR) is 106 cm³/mol. The highest BCUT2D eigenvalue weighted by atomic mass is 16.5. The maximum absolute atomic E-state index is 6.01. The molecule has 0 aliphatic carbocycles. The second-order valence-corrected chi connectivity index (χ2v) is 6.61. The van der Waals surface area contributed by atoms with E-state index in [-0.39, 0.29) is 0 Å². The molecule has 0 radical (unpaired) electrons. The van der Waals surface area contributed by atoms with Gasteiger partial charge in [-0.05, 0) is 24.3 Å². The Kier molecular flexibility index (Phi) is 4.05. The molecular weight excluding hydrogens is 354 g/mol. The predicted octanol–water partition coefficient (Wildman–Crippen LogP) is 3.46. The van der Waals surface area contributed by atoms with Gasteiger partial charge in [0.2, 0.25) is 5.88 Å². The van der Waals surface area contributed by atoms with Crippen LogP contribution < -0.4 is 9.47 Å². The van der Waals surface area contributed by atoms with Gasteiger partial charge in [-0.3, -0.25) is 4.40 Å². The van der Waals surface area contributed by atoms with Gasteiger partial charge >= 0.3 is 0 Å². The number of hydrogen-bond donors (Lipinski definition) is 0. The Morgan fingerprint density at radius 1 is 1.00 bits per heavy atom. The van der Waals surface area contributed by atoms with Gasteiger partial charge < -0.3 is 9.47 Å². The maximum Gasteiger partial charge on any atom is 0.221 e. The molecule has 0 unspecified atom stereocenters. The number of hydrogen-bond acceptors (Lipinski definition) is 5. The minimum atomic E-state index is 0.532. The first-order chi connectivity index (χ1) is 13.8. The molecule has 3 aromatic heterocycles. The van der Waals surface area contributed by atoms with E-state index in [0.717, 1.165) is 40.2 Å². The van der Waals surface area contributed by atoms with Crippen LogP contribution in [0.2, 0.25) is 0 Å². The van der Waals surface area contributed by atoms with E-state index in [1.54, 1.807) is 23.5 Å². The summed E-state index contributed by atoms with van der Waals surface area (Å²) in [4.78, 5) is 9.09. The Morgan fingerprint density at radius 2 is 1.86 bits per heavy atom. The first-order valence-corrected chi connectivity index (χ1v) is 9.17. The number of nitrogens with zero attached hydrogens (tertiary/aromatic N) is 5. The van der Waals surface area contributed by atoms with E-state index < -0.39 is 0 Å². The van der Waals surface area contributed by atoms with Crippen molar-refractivity contribution >= 4 is 17.7 Å². The van der Waals surface area contributed by atoms with Gasteiger partial charge in [-0.2, -0.15) is 5.10 Å². The Balaban J connectivity index is 1.66. The van der Waals surface area contributed by atoms with Crippen LogP contribution in [-0.4, -0.2) is 37.4 Å². The van der Waals surface area contributed by atoms with Crippen molar-refractivity contribution in [2.45, 2.75) is 6.42 Å². The van der Waals surface area contributed by atoms with Crippen LogP contribution in [0.4, 0.5) is 0 Å². The van der Waals surface area contributed by atoms with Crippen LogP contribution in [0.25, 0.3) is 28.9 Å². The summed E-state index contributed by atoms with van der Waals surface area (Å²) in [6.07, 6.45) is 10.1. The number of para-hydroxylation sites is 1. The van der Waals surface area contributed by atoms with Crippen LogP contribution in [0.3, 0.4) is 0 Å². The van der Waals surface area contributed by atoms with E-state index in [2.05, 4.69) is 15.1 Å². The van der Waals surface area contributed by atoms with Crippen molar-refractivity contribution in [3.8, 4) is 22.9 Å². The van der Waals surface area contributed by atoms with E-state index in [1.807, 2.05) is 53.9 Å². The summed E-state index contributed by atoms with van der Waals surface area (Å²) in [5, 5.41) is 4.34. The van der Waals surface area contributed by atoms with Crippen molar-refractivity contribution in [3.05, 3.63) is 60.4 Å². The lowest BCUT2D eigenvalue weighted by molar-refractivity contribution is 0.236. The zero-order chi connectivity index (χ0) is 18.9. The molecule has 0 atom stereocenters. The molecule has 4 heterocycles. The van der Waals surface area contributed by atoms with E-state index in [1.165, 1.54) is 0 Å². The van der Waals surface area contributed by atoms with Crippen LogP contribution in [0.5, 0.6) is 11.6 Å². The SMILES string of the molecule is Cn1ncc2c1OCCCOc1ccccc1/C=C/c1ncn3cnc-2cc13. The lowest BCUT2D eigenvalue weighted by Gasteiger charge is -2.11. The van der Waals surface area contributed by atoms with Gasteiger partial charge in [0.1, 0.15) is 18.4 Å². The highest BCUT2D eigenvalue weighted by Crippen LogP contribution is 2.30. The second kappa shape index (κ2) is 6.84. The second-order valence-electron chi connectivity index (χ2n) is 6.61. The average molecular weight is 373 g/mol. The van der Waals surface area contributed by atoms with Crippen LogP contribution in [0.1, 0.15) is 17.7 Å². The Bertz CT molecular complexity index is 1170. The van der Waals surface area contributed by atoms with Gasteiger partial charge in [0.25, 0.3) is 0 Å². The quantitative estimate of drug-likeness (QED) is 0.472. The average Bonchev–Trinajstić information content (AvgIpc) is 3.29. The van der Waals surface area contributed by atoms with Crippen molar-refractivity contribution in [1.29, 1.82) is 0 Å². The molecule has 7 nitrogen and oxygen atoms in total. The number of aryl methyl sites for hydroxylation is 1. The van der Waals surface area contributed by atoms with E-state index in [9.17, 15) is 0 Å². The van der Waals surface area contributed by atoms with Gasteiger partial charge in [0.15, 0.2) is 0 Å². The standard InChI is InChI=1S/C21H19N5O2/c1-25-21-16(12-24-25)18-11-19-17(22-13-26(19)14-23-18)8-7-15-5-2-3-6-20(15)27-9-4-10-28-21/h2-3,5-8,11-14H,4,9-10H2,1H3/b8-7+. The zero-order valence-corrected chi connectivity index (χ0v) is 15.4. The summed E-state index contributed by atoms with van der Waals surface area (Å²) in [5.41, 5.74) is 4.50. The van der Waals surface area contributed by atoms with Crippen molar-refractivity contribution in [2.75, 3.05) is 13.2 Å². The van der Waals surface area contributed by atoms with E-state index >= 15 is 0 Å². The first kappa shape index (κ1) is 16.6. The van der Waals surface area contributed by atoms with Crippen LogP contribution >= 0.6 is 0 Å². The molecule has 5 rings (SSSR count). The monoisotopic (exact) mass is 373 g/mol. The number of aromatic nitrogens is 5. The minimum Gasteiger partial charge on any atom is -0.493 e. The molecule has 1 aliphatic heterocycles. The summed E-state index contributed by atoms with van der Waals surface area (Å²) in [5.74, 6) is 1.55. The first-order valence-electron chi connectivity index (χ1n) is 9.17. The molecule has 0 spiro atoms. The lowest BCUT2D eigenvalue weighted by Crippen LogP contribution is -2.08. The minimum absolute atomic E-state index is 0.532. The van der Waals surface area contributed by atoms with Crippen molar-refractivity contribution < 1.29 is 9.47 Å². The summed E-state index contributed by atoms with van der Waals surface area (Å²) in [6, 6.07) is 10.0. The third kappa shape index (κ3) is 2.90. The lowest BCUT2D eigenvalue weighted by atomic mass is 10.1. The Morgan fingerprint density at radius 3 is 2.82 bits per heavy atom. The molecule has 0 amide bonds. The van der Waals surface area contributed by atoms with E-state index in [0.29, 0.717) is 19.1 Å². The fraction of sp³-hybridized carbons (Fsp3) is 0.190. The normalized spacial score (nSPS) is 15.0. The molecule has 0 saturated carbocycles. The van der Waals surface area contributed by atoms with Gasteiger partial charge in [-0.15, -0.1) is 0 Å². The van der Waals surface area contributed by atoms with Crippen molar-refractivity contribution in [1.82, 2.24) is 24.1 Å². The van der Waals surface area contributed by atoms with Gasteiger partial charge in [-0.25, -0.2) is 14.6 Å². The van der Waals surface area contributed by atoms with Crippen molar-refractivity contribution in [2.24, 2.45) is 7.05 Å².